The van der Waals surface area contributed by atoms with E-state index in [1.54, 1.807) is 0 Å². The highest BCUT2D eigenvalue weighted by atomic mass is 16.3. The number of hydrogen-bond donors (Lipinski definition) is 2. The highest BCUT2D eigenvalue weighted by Crippen LogP contribution is 2.41. The first-order chi connectivity index (χ1) is 16.5. The molecule has 0 spiro atoms. The molecule has 1 aromatic rings. The van der Waals surface area contributed by atoms with Crippen LogP contribution in [0.15, 0.2) is 12.1 Å². The number of rotatable bonds is 17. The average Bonchev–Trinajstić information content (AvgIpc) is 2.76. The Labute approximate surface area is 217 Å². The van der Waals surface area contributed by atoms with Gasteiger partial charge in [0.2, 0.25) is 5.91 Å². The van der Waals surface area contributed by atoms with Gasteiger partial charge in [0, 0.05) is 23.2 Å². The lowest BCUT2D eigenvalue weighted by molar-refractivity contribution is -0.116. The van der Waals surface area contributed by atoms with E-state index in [2.05, 4.69) is 53.8 Å². The van der Waals surface area contributed by atoms with Crippen molar-refractivity contribution in [3.63, 3.8) is 0 Å². The summed E-state index contributed by atoms with van der Waals surface area (Å²) in [5.41, 5.74) is 2.17. The second-order valence-corrected chi connectivity index (χ2v) is 12.7. The molecular weight excluding hydrogens is 430 g/mol. The molecule has 0 aliphatic carbocycles. The second-order valence-electron chi connectivity index (χ2n) is 12.7. The monoisotopic (exact) mass is 487 g/mol. The summed E-state index contributed by atoms with van der Waals surface area (Å²) in [6, 6.07) is 3.88. The minimum atomic E-state index is -0.195. The largest absolute Gasteiger partial charge is 0.507 e. The van der Waals surface area contributed by atoms with E-state index < -0.39 is 0 Å². The summed E-state index contributed by atoms with van der Waals surface area (Å²) < 4.78 is 0. The predicted octanol–water partition coefficient (Wildman–Crippen LogP) is 10.2. The molecule has 0 atom stereocenters. The summed E-state index contributed by atoms with van der Waals surface area (Å²) in [6.07, 6.45) is 20.5. The number of phenols is 1. The quantitative estimate of drug-likeness (QED) is 0.169. The van der Waals surface area contributed by atoms with E-state index in [0.29, 0.717) is 12.2 Å². The highest BCUT2D eigenvalue weighted by Gasteiger charge is 2.26. The lowest BCUT2D eigenvalue weighted by Crippen LogP contribution is -2.19. The van der Waals surface area contributed by atoms with Gasteiger partial charge in [-0.25, -0.2) is 0 Å². The summed E-state index contributed by atoms with van der Waals surface area (Å²) in [5, 5.41) is 14.0. The van der Waals surface area contributed by atoms with Crippen LogP contribution in [0.4, 0.5) is 5.69 Å². The van der Waals surface area contributed by atoms with Gasteiger partial charge in [0.1, 0.15) is 5.75 Å². The third-order valence-corrected chi connectivity index (χ3v) is 7.02. The van der Waals surface area contributed by atoms with Crippen molar-refractivity contribution in [3.8, 4) is 5.75 Å². The molecule has 0 radical (unpaired) electrons. The first-order valence-corrected chi connectivity index (χ1v) is 14.6. The van der Waals surface area contributed by atoms with E-state index in [1.165, 1.54) is 83.5 Å². The number of unbranched alkanes of at least 4 members (excludes halogenated alkanes) is 14. The fourth-order valence-corrected chi connectivity index (χ4v) is 4.73. The molecule has 202 valence electrons. The van der Waals surface area contributed by atoms with Crippen LogP contribution in [0, 0.1) is 0 Å². The van der Waals surface area contributed by atoms with E-state index in [-0.39, 0.29) is 16.7 Å². The van der Waals surface area contributed by atoms with Crippen LogP contribution < -0.4 is 5.32 Å². The summed E-state index contributed by atoms with van der Waals surface area (Å²) in [7, 11) is 0. The highest BCUT2D eigenvalue weighted by molar-refractivity contribution is 5.91. The first-order valence-electron chi connectivity index (χ1n) is 14.6. The van der Waals surface area contributed by atoms with Crippen molar-refractivity contribution in [3.05, 3.63) is 23.3 Å². The Kier molecular flexibility index (Phi) is 14.7. The Balaban J connectivity index is 2.24. The molecule has 1 aromatic carbocycles. The van der Waals surface area contributed by atoms with Crippen molar-refractivity contribution < 1.29 is 9.90 Å². The first kappa shape index (κ1) is 31.5. The lowest BCUT2D eigenvalue weighted by Gasteiger charge is -2.28. The van der Waals surface area contributed by atoms with Crippen LogP contribution in [0.25, 0.3) is 0 Å². The van der Waals surface area contributed by atoms with Crippen LogP contribution in [0.2, 0.25) is 0 Å². The number of carbonyl (C=O) groups is 1. The molecule has 0 saturated carbocycles. The van der Waals surface area contributed by atoms with E-state index in [9.17, 15) is 9.90 Å². The van der Waals surface area contributed by atoms with Crippen LogP contribution in [0.3, 0.4) is 0 Å². The Morgan fingerprint density at radius 3 is 1.34 bits per heavy atom. The maximum Gasteiger partial charge on any atom is 0.224 e. The second kappa shape index (κ2) is 16.3. The smallest absolute Gasteiger partial charge is 0.224 e. The Morgan fingerprint density at radius 1 is 0.657 bits per heavy atom. The summed E-state index contributed by atoms with van der Waals surface area (Å²) in [6.45, 7) is 14.8. The zero-order valence-corrected chi connectivity index (χ0v) is 24.3. The third kappa shape index (κ3) is 13.4. The molecule has 2 N–H and O–H groups in total. The van der Waals surface area contributed by atoms with Gasteiger partial charge in [0.25, 0.3) is 0 Å². The molecule has 0 fully saturated rings. The third-order valence-electron chi connectivity index (χ3n) is 7.02. The van der Waals surface area contributed by atoms with Gasteiger partial charge >= 0.3 is 0 Å². The zero-order chi connectivity index (χ0) is 26.3. The summed E-state index contributed by atoms with van der Waals surface area (Å²) in [5.74, 6) is 0.426. The Hall–Kier alpha value is -1.51. The number of hydrogen-bond acceptors (Lipinski definition) is 2. The zero-order valence-electron chi connectivity index (χ0n) is 24.3. The molecule has 0 saturated heterocycles. The molecule has 3 nitrogen and oxygen atoms in total. The Morgan fingerprint density at radius 2 is 1.00 bits per heavy atom. The van der Waals surface area contributed by atoms with E-state index in [1.807, 2.05) is 12.1 Å². The van der Waals surface area contributed by atoms with Crippen molar-refractivity contribution in [2.24, 2.45) is 0 Å². The van der Waals surface area contributed by atoms with Crippen LogP contribution in [-0.2, 0) is 15.6 Å². The van der Waals surface area contributed by atoms with Gasteiger partial charge in [0.15, 0.2) is 0 Å². The van der Waals surface area contributed by atoms with E-state index in [0.717, 1.165) is 29.7 Å². The normalized spacial score (nSPS) is 12.2. The molecule has 0 heterocycles. The summed E-state index contributed by atoms with van der Waals surface area (Å²) >= 11 is 0. The van der Waals surface area contributed by atoms with E-state index >= 15 is 0 Å². The van der Waals surface area contributed by atoms with Crippen molar-refractivity contribution >= 4 is 11.6 Å². The van der Waals surface area contributed by atoms with Gasteiger partial charge in [0.05, 0.1) is 0 Å². The molecule has 0 aliphatic rings. The number of amides is 1. The number of aromatic hydroxyl groups is 1. The topological polar surface area (TPSA) is 49.3 Å². The minimum Gasteiger partial charge on any atom is -0.507 e. The molecule has 0 unspecified atom stereocenters. The number of benzene rings is 1. The Bertz CT molecular complexity index is 689. The van der Waals surface area contributed by atoms with Crippen molar-refractivity contribution in [2.45, 2.75) is 162 Å². The number of carbonyl (C=O) groups excluding carboxylic acids is 1. The van der Waals surface area contributed by atoms with Gasteiger partial charge in [-0.15, -0.1) is 0 Å². The minimum absolute atomic E-state index is 0.0742. The van der Waals surface area contributed by atoms with Gasteiger partial charge in [-0.3, -0.25) is 4.79 Å². The van der Waals surface area contributed by atoms with Gasteiger partial charge in [-0.05, 0) is 29.4 Å². The standard InChI is InChI=1S/C32H57NO2/c1-8-9-10-11-12-13-14-15-16-17-18-19-20-21-22-23-29(34)33-26-24-27(31(2,3)4)30(35)28(25-26)32(5,6)7/h24-25,35H,8-23H2,1-7H3,(H,33,34). The number of nitrogens with one attached hydrogen (secondary N) is 1. The molecule has 3 heteroatoms. The van der Waals surface area contributed by atoms with Crippen molar-refractivity contribution in [1.29, 1.82) is 0 Å². The molecule has 0 aliphatic heterocycles. The number of anilines is 1. The summed E-state index contributed by atoms with van der Waals surface area (Å²) in [4.78, 5) is 12.6. The molecular formula is C32H57NO2. The van der Waals surface area contributed by atoms with Crippen molar-refractivity contribution in [1.82, 2.24) is 0 Å². The van der Waals surface area contributed by atoms with Crippen molar-refractivity contribution in [2.75, 3.05) is 5.32 Å². The van der Waals surface area contributed by atoms with Gasteiger partial charge in [-0.2, -0.15) is 0 Å². The van der Waals surface area contributed by atoms with Crippen LogP contribution in [0.1, 0.15) is 162 Å². The van der Waals surface area contributed by atoms with E-state index in [4.69, 9.17) is 0 Å². The average molecular weight is 488 g/mol. The fraction of sp³-hybridized carbons (Fsp3) is 0.781. The van der Waals surface area contributed by atoms with Crippen LogP contribution in [-0.4, -0.2) is 11.0 Å². The predicted molar refractivity (Wildman–Crippen MR) is 154 cm³/mol. The van der Waals surface area contributed by atoms with Gasteiger partial charge in [-0.1, -0.05) is 138 Å². The van der Waals surface area contributed by atoms with Crippen LogP contribution >= 0.6 is 0 Å². The maximum atomic E-state index is 12.6. The lowest BCUT2D eigenvalue weighted by atomic mass is 9.79. The van der Waals surface area contributed by atoms with Crippen LogP contribution in [0.5, 0.6) is 5.75 Å². The molecule has 0 aromatic heterocycles. The number of phenolic OH excluding ortho intramolecular Hbond substituents is 1. The SMILES string of the molecule is CCCCCCCCCCCCCCCCCC(=O)Nc1cc(C(C)(C)C)c(O)c(C(C)(C)C)c1. The van der Waals surface area contributed by atoms with Gasteiger partial charge < -0.3 is 10.4 Å². The maximum absolute atomic E-state index is 12.6. The molecule has 1 amide bonds. The fourth-order valence-electron chi connectivity index (χ4n) is 4.73. The molecule has 0 bridgehead atoms. The molecule has 1 rings (SSSR count). The molecule has 35 heavy (non-hydrogen) atoms.